The van der Waals surface area contributed by atoms with Crippen LogP contribution in [-0.4, -0.2) is 33.2 Å². The van der Waals surface area contributed by atoms with Crippen LogP contribution in [0.4, 0.5) is 18.9 Å². The summed E-state index contributed by atoms with van der Waals surface area (Å²) < 4.78 is 61.8. The molecule has 1 saturated heterocycles. The molecule has 1 aliphatic rings. The van der Waals surface area contributed by atoms with Gasteiger partial charge in [0.2, 0.25) is 15.9 Å². The summed E-state index contributed by atoms with van der Waals surface area (Å²) in [6, 6.07) is 3.30. The SMILES string of the molecule is CS(=O)(=O)NC1CCN(c2ccc(C(F)(F)F)cc2)C1=O. The molecule has 1 atom stereocenters. The molecule has 0 radical (unpaired) electrons. The normalized spacial score (nSPS) is 20.1. The van der Waals surface area contributed by atoms with Crippen molar-refractivity contribution in [3.8, 4) is 0 Å². The Hall–Kier alpha value is -1.61. The summed E-state index contributed by atoms with van der Waals surface area (Å²) in [7, 11) is -3.52. The van der Waals surface area contributed by atoms with Crippen LogP contribution in [0.2, 0.25) is 0 Å². The van der Waals surface area contributed by atoms with Crippen molar-refractivity contribution in [2.24, 2.45) is 0 Å². The highest BCUT2D eigenvalue weighted by Crippen LogP contribution is 2.31. The highest BCUT2D eigenvalue weighted by Gasteiger charge is 2.35. The van der Waals surface area contributed by atoms with Crippen LogP contribution >= 0.6 is 0 Å². The van der Waals surface area contributed by atoms with E-state index in [1.54, 1.807) is 0 Å². The molecule has 116 valence electrons. The number of nitrogens with zero attached hydrogens (tertiary/aromatic N) is 1. The summed E-state index contributed by atoms with van der Waals surface area (Å²) in [5.41, 5.74) is -0.491. The van der Waals surface area contributed by atoms with Crippen LogP contribution in [0.5, 0.6) is 0 Å². The van der Waals surface area contributed by atoms with Crippen molar-refractivity contribution >= 4 is 21.6 Å². The van der Waals surface area contributed by atoms with Gasteiger partial charge in [0.15, 0.2) is 0 Å². The number of nitrogens with one attached hydrogen (secondary N) is 1. The Labute approximate surface area is 119 Å². The molecule has 21 heavy (non-hydrogen) atoms. The molecule has 1 heterocycles. The van der Waals surface area contributed by atoms with Crippen molar-refractivity contribution in [3.63, 3.8) is 0 Å². The number of sulfonamides is 1. The first-order valence-electron chi connectivity index (χ1n) is 6.04. The lowest BCUT2D eigenvalue weighted by molar-refractivity contribution is -0.137. The predicted molar refractivity (Wildman–Crippen MR) is 70.2 cm³/mol. The van der Waals surface area contributed by atoms with Gasteiger partial charge >= 0.3 is 6.18 Å². The van der Waals surface area contributed by atoms with Crippen LogP contribution in [0.15, 0.2) is 24.3 Å². The van der Waals surface area contributed by atoms with E-state index in [-0.39, 0.29) is 13.0 Å². The molecule has 1 N–H and O–H groups in total. The van der Waals surface area contributed by atoms with Gasteiger partial charge in [-0.05, 0) is 30.7 Å². The topological polar surface area (TPSA) is 66.5 Å². The highest BCUT2D eigenvalue weighted by atomic mass is 32.2. The molecule has 5 nitrogen and oxygen atoms in total. The number of rotatable bonds is 3. The summed E-state index contributed by atoms with van der Waals surface area (Å²) in [6.07, 6.45) is -3.22. The summed E-state index contributed by atoms with van der Waals surface area (Å²) in [6.45, 7) is 0.247. The molecule has 0 aliphatic carbocycles. The van der Waals surface area contributed by atoms with E-state index in [2.05, 4.69) is 4.72 Å². The van der Waals surface area contributed by atoms with E-state index in [0.717, 1.165) is 18.4 Å². The average Bonchev–Trinajstić information content (AvgIpc) is 2.68. The molecule has 0 saturated carbocycles. The van der Waals surface area contributed by atoms with E-state index in [4.69, 9.17) is 0 Å². The van der Waals surface area contributed by atoms with Crippen LogP contribution < -0.4 is 9.62 Å². The first-order chi connectivity index (χ1) is 9.58. The highest BCUT2D eigenvalue weighted by molar-refractivity contribution is 7.88. The van der Waals surface area contributed by atoms with Crippen molar-refractivity contribution in [2.45, 2.75) is 18.6 Å². The van der Waals surface area contributed by atoms with Crippen LogP contribution in [0.25, 0.3) is 0 Å². The average molecular weight is 322 g/mol. The number of hydrogen-bond donors (Lipinski definition) is 1. The van der Waals surface area contributed by atoms with E-state index in [0.29, 0.717) is 5.69 Å². The van der Waals surface area contributed by atoms with E-state index in [1.165, 1.54) is 17.0 Å². The first kappa shape index (κ1) is 15.8. The van der Waals surface area contributed by atoms with Gasteiger partial charge in [-0.25, -0.2) is 13.1 Å². The number of anilines is 1. The maximum Gasteiger partial charge on any atom is 0.416 e. The first-order valence-corrected chi connectivity index (χ1v) is 7.93. The largest absolute Gasteiger partial charge is 0.416 e. The standard InChI is InChI=1S/C12H13F3N2O3S/c1-21(19,20)16-10-6-7-17(11(10)18)9-4-2-8(3-5-9)12(13,14)15/h2-5,10,16H,6-7H2,1H3. The second kappa shape index (κ2) is 5.30. The van der Waals surface area contributed by atoms with Crippen molar-refractivity contribution < 1.29 is 26.4 Å². The van der Waals surface area contributed by atoms with Gasteiger partial charge in [-0.3, -0.25) is 4.79 Å². The Kier molecular flexibility index (Phi) is 3.98. The third-order valence-electron chi connectivity index (χ3n) is 3.07. The Morgan fingerprint density at radius 3 is 2.29 bits per heavy atom. The fraction of sp³-hybridized carbons (Fsp3) is 0.417. The minimum absolute atomic E-state index is 0.247. The van der Waals surface area contributed by atoms with Gasteiger partial charge in [0.1, 0.15) is 6.04 Å². The molecule has 1 aromatic rings. The number of halogens is 3. The zero-order chi connectivity index (χ0) is 15.8. The Bertz CT molecular complexity index is 641. The van der Waals surface area contributed by atoms with Gasteiger partial charge in [-0.15, -0.1) is 0 Å². The third kappa shape index (κ3) is 3.73. The molecule has 1 fully saturated rings. The summed E-state index contributed by atoms with van der Waals surface area (Å²) in [5, 5.41) is 0. The van der Waals surface area contributed by atoms with E-state index < -0.39 is 33.7 Å². The summed E-state index contributed by atoms with van der Waals surface area (Å²) in [5.74, 6) is -0.472. The number of amides is 1. The lowest BCUT2D eigenvalue weighted by atomic mass is 10.2. The third-order valence-corrected chi connectivity index (χ3v) is 3.78. The molecular weight excluding hydrogens is 309 g/mol. The van der Waals surface area contributed by atoms with Crippen molar-refractivity contribution in [1.82, 2.24) is 4.72 Å². The Morgan fingerprint density at radius 2 is 1.81 bits per heavy atom. The van der Waals surface area contributed by atoms with Crippen molar-refractivity contribution in [2.75, 3.05) is 17.7 Å². The van der Waals surface area contributed by atoms with Crippen LogP contribution in [-0.2, 0) is 21.0 Å². The zero-order valence-corrected chi connectivity index (χ0v) is 11.8. The maximum atomic E-state index is 12.5. The number of carbonyl (C=O) groups excluding carboxylic acids is 1. The van der Waals surface area contributed by atoms with Gasteiger partial charge in [0, 0.05) is 12.2 Å². The Morgan fingerprint density at radius 1 is 1.24 bits per heavy atom. The molecule has 0 aromatic heterocycles. The number of alkyl halides is 3. The second-order valence-corrected chi connectivity index (χ2v) is 6.55. The van der Waals surface area contributed by atoms with Gasteiger partial charge in [0.05, 0.1) is 11.8 Å². The fourth-order valence-electron chi connectivity index (χ4n) is 2.13. The zero-order valence-electron chi connectivity index (χ0n) is 11.0. The molecule has 2 rings (SSSR count). The molecule has 0 bridgehead atoms. The second-order valence-electron chi connectivity index (χ2n) is 4.77. The molecule has 9 heteroatoms. The van der Waals surface area contributed by atoms with Crippen LogP contribution in [0.3, 0.4) is 0 Å². The quantitative estimate of drug-likeness (QED) is 0.914. The number of benzene rings is 1. The van der Waals surface area contributed by atoms with E-state index in [1.807, 2.05) is 0 Å². The molecule has 1 unspecified atom stereocenters. The minimum Gasteiger partial charge on any atom is -0.311 e. The van der Waals surface area contributed by atoms with E-state index in [9.17, 15) is 26.4 Å². The molecule has 1 amide bonds. The van der Waals surface area contributed by atoms with Crippen LogP contribution in [0.1, 0.15) is 12.0 Å². The lowest BCUT2D eigenvalue weighted by Crippen LogP contribution is -2.41. The van der Waals surface area contributed by atoms with Gasteiger partial charge in [-0.1, -0.05) is 0 Å². The number of hydrogen-bond acceptors (Lipinski definition) is 3. The predicted octanol–water partition coefficient (Wildman–Crippen LogP) is 1.36. The molecular formula is C12H13F3N2O3S. The fourth-order valence-corrected chi connectivity index (χ4v) is 2.87. The number of carbonyl (C=O) groups is 1. The van der Waals surface area contributed by atoms with Crippen molar-refractivity contribution in [3.05, 3.63) is 29.8 Å². The minimum atomic E-state index is -4.44. The maximum absolute atomic E-state index is 12.5. The Balaban J connectivity index is 2.15. The van der Waals surface area contributed by atoms with Crippen molar-refractivity contribution in [1.29, 1.82) is 0 Å². The molecule has 1 aromatic carbocycles. The molecule has 1 aliphatic heterocycles. The monoisotopic (exact) mass is 322 g/mol. The van der Waals surface area contributed by atoms with Gasteiger partial charge in [0.25, 0.3) is 0 Å². The lowest BCUT2D eigenvalue weighted by Gasteiger charge is -2.17. The van der Waals surface area contributed by atoms with Gasteiger partial charge in [-0.2, -0.15) is 13.2 Å². The van der Waals surface area contributed by atoms with E-state index >= 15 is 0 Å². The smallest absolute Gasteiger partial charge is 0.311 e. The van der Waals surface area contributed by atoms with Gasteiger partial charge < -0.3 is 4.90 Å². The molecule has 0 spiro atoms. The summed E-state index contributed by atoms with van der Waals surface area (Å²) in [4.78, 5) is 13.3. The summed E-state index contributed by atoms with van der Waals surface area (Å²) >= 11 is 0. The van der Waals surface area contributed by atoms with Crippen LogP contribution in [0, 0.1) is 0 Å².